The normalized spacial score (nSPS) is 30.5. The van der Waals surface area contributed by atoms with Crippen LogP contribution in [0.1, 0.15) is 6.42 Å². The second kappa shape index (κ2) is 4.63. The van der Waals surface area contributed by atoms with Gasteiger partial charge in [0.1, 0.15) is 0 Å². The first-order chi connectivity index (χ1) is 6.63. The maximum Gasteiger partial charge on any atom is 0.261 e. The average Bonchev–Trinajstić information content (AvgIpc) is 2.49. The Morgan fingerprint density at radius 3 is 2.53 bits per heavy atom. The lowest BCUT2D eigenvalue weighted by molar-refractivity contribution is -0.144. The molecule has 0 aromatic carbocycles. The van der Waals surface area contributed by atoms with E-state index in [1.54, 1.807) is 11.9 Å². The van der Waals surface area contributed by atoms with Crippen molar-refractivity contribution in [2.45, 2.75) is 18.1 Å². The second-order valence-corrected chi connectivity index (χ2v) is 4.12. The fraction of sp³-hybridized carbons (Fsp3) is 0.889. The van der Waals surface area contributed by atoms with Gasteiger partial charge in [0.05, 0.1) is 6.04 Å². The number of amides is 1. The molecular weight excluding hydrogens is 221 g/mol. The fourth-order valence-electron chi connectivity index (χ4n) is 1.87. The summed E-state index contributed by atoms with van der Waals surface area (Å²) in [5.74, 6) is -0.367. The van der Waals surface area contributed by atoms with Crippen LogP contribution in [-0.4, -0.2) is 55.7 Å². The number of carbonyl (C=O) groups excluding carboxylic acids is 1. The smallest absolute Gasteiger partial charge is 0.261 e. The number of nitrogens with one attached hydrogen (secondary N) is 2. The number of nitrogens with zero attached hydrogens (tertiary/aromatic N) is 1. The van der Waals surface area contributed by atoms with Crippen LogP contribution >= 0.6 is 12.4 Å². The number of alkyl halides is 1. The third-order valence-electron chi connectivity index (χ3n) is 3.11. The zero-order valence-corrected chi connectivity index (χ0v) is 9.57. The number of hydrogen-bond donors (Lipinski definition) is 2. The van der Waals surface area contributed by atoms with E-state index in [0.717, 1.165) is 13.1 Å². The van der Waals surface area contributed by atoms with Gasteiger partial charge in [-0.2, -0.15) is 0 Å². The maximum absolute atomic E-state index is 14.0. The van der Waals surface area contributed by atoms with Gasteiger partial charge in [0, 0.05) is 33.1 Å². The molecule has 2 heterocycles. The van der Waals surface area contributed by atoms with E-state index in [1.165, 1.54) is 0 Å². The number of hydrogen-bond acceptors (Lipinski definition) is 3. The molecule has 1 atom stereocenters. The lowest BCUT2D eigenvalue weighted by atomic mass is 10.0. The summed E-state index contributed by atoms with van der Waals surface area (Å²) in [5.41, 5.74) is -1.66. The van der Waals surface area contributed by atoms with Gasteiger partial charge in [0.2, 0.25) is 5.67 Å². The first-order valence-corrected chi connectivity index (χ1v) is 5.01. The van der Waals surface area contributed by atoms with Crippen LogP contribution in [0.4, 0.5) is 4.39 Å². The van der Waals surface area contributed by atoms with Gasteiger partial charge in [-0.25, -0.2) is 4.39 Å². The molecule has 0 spiro atoms. The van der Waals surface area contributed by atoms with Gasteiger partial charge in [-0.1, -0.05) is 0 Å². The van der Waals surface area contributed by atoms with Crippen LogP contribution in [0.15, 0.2) is 0 Å². The van der Waals surface area contributed by atoms with Crippen LogP contribution in [-0.2, 0) is 4.79 Å². The molecule has 6 heteroatoms. The Labute approximate surface area is 95.0 Å². The van der Waals surface area contributed by atoms with E-state index in [2.05, 4.69) is 10.6 Å². The Balaban J connectivity index is 0.00000112. The molecule has 0 aromatic rings. The van der Waals surface area contributed by atoms with E-state index >= 15 is 0 Å². The highest BCUT2D eigenvalue weighted by atomic mass is 35.5. The van der Waals surface area contributed by atoms with Crippen molar-refractivity contribution in [2.24, 2.45) is 0 Å². The quantitative estimate of drug-likeness (QED) is 0.683. The molecule has 15 heavy (non-hydrogen) atoms. The number of carbonyl (C=O) groups is 1. The molecule has 2 saturated heterocycles. The van der Waals surface area contributed by atoms with E-state index in [4.69, 9.17) is 0 Å². The zero-order chi connectivity index (χ0) is 10.2. The Bertz CT molecular complexity index is 242. The van der Waals surface area contributed by atoms with Crippen molar-refractivity contribution in [1.29, 1.82) is 0 Å². The summed E-state index contributed by atoms with van der Waals surface area (Å²) in [6, 6.07) is 0.177. The minimum atomic E-state index is -1.66. The predicted octanol–water partition coefficient (Wildman–Crippen LogP) is -0.460. The summed E-state index contributed by atoms with van der Waals surface area (Å²) in [7, 11) is 1.69. The maximum atomic E-state index is 14.0. The van der Waals surface area contributed by atoms with E-state index in [-0.39, 0.29) is 30.9 Å². The summed E-state index contributed by atoms with van der Waals surface area (Å²) < 4.78 is 14.0. The molecule has 4 nitrogen and oxygen atoms in total. The van der Waals surface area contributed by atoms with Gasteiger partial charge >= 0.3 is 0 Å². The highest BCUT2D eigenvalue weighted by Gasteiger charge is 2.45. The molecule has 2 aliphatic rings. The first-order valence-electron chi connectivity index (χ1n) is 5.01. The highest BCUT2D eigenvalue weighted by molar-refractivity contribution is 5.86. The van der Waals surface area contributed by atoms with Crippen molar-refractivity contribution in [3.63, 3.8) is 0 Å². The van der Waals surface area contributed by atoms with Gasteiger partial charge in [0.15, 0.2) is 0 Å². The molecular formula is C9H17ClFN3O. The van der Waals surface area contributed by atoms with Crippen molar-refractivity contribution >= 4 is 18.3 Å². The molecule has 88 valence electrons. The highest BCUT2D eigenvalue weighted by Crippen LogP contribution is 2.23. The number of likely N-dealkylation sites (N-methyl/N-ethyl adjacent to an activating group) is 1. The SMILES string of the molecule is CN(C(=O)C1(F)CCNC1)C1CNC1.Cl. The van der Waals surface area contributed by atoms with Crippen molar-refractivity contribution in [3.8, 4) is 0 Å². The Hall–Kier alpha value is -0.390. The topological polar surface area (TPSA) is 44.4 Å². The monoisotopic (exact) mass is 237 g/mol. The molecule has 0 radical (unpaired) electrons. The molecule has 1 unspecified atom stereocenters. The van der Waals surface area contributed by atoms with Crippen LogP contribution in [0.2, 0.25) is 0 Å². The van der Waals surface area contributed by atoms with Crippen LogP contribution < -0.4 is 10.6 Å². The molecule has 1 amide bonds. The van der Waals surface area contributed by atoms with Crippen molar-refractivity contribution < 1.29 is 9.18 Å². The Kier molecular flexibility index (Phi) is 3.92. The van der Waals surface area contributed by atoms with Gasteiger partial charge in [-0.3, -0.25) is 4.79 Å². The Morgan fingerprint density at radius 1 is 1.47 bits per heavy atom. The number of halogens is 2. The summed E-state index contributed by atoms with van der Waals surface area (Å²) >= 11 is 0. The first kappa shape index (κ1) is 12.7. The van der Waals surface area contributed by atoms with Gasteiger partial charge in [-0.05, 0) is 6.54 Å². The zero-order valence-electron chi connectivity index (χ0n) is 8.75. The van der Waals surface area contributed by atoms with Gasteiger partial charge in [0.25, 0.3) is 5.91 Å². The van der Waals surface area contributed by atoms with Crippen molar-refractivity contribution in [2.75, 3.05) is 33.2 Å². The Morgan fingerprint density at radius 2 is 2.13 bits per heavy atom. The molecule has 2 fully saturated rings. The average molecular weight is 238 g/mol. The summed E-state index contributed by atoms with van der Waals surface area (Å²) in [6.45, 7) is 2.33. The molecule has 0 saturated carbocycles. The minimum Gasteiger partial charge on any atom is -0.337 e. The van der Waals surface area contributed by atoms with Gasteiger partial charge in [-0.15, -0.1) is 12.4 Å². The molecule has 2 aliphatic heterocycles. The summed E-state index contributed by atoms with van der Waals surface area (Å²) in [5, 5.41) is 5.95. The summed E-state index contributed by atoms with van der Waals surface area (Å²) in [4.78, 5) is 13.3. The van der Waals surface area contributed by atoms with Crippen molar-refractivity contribution in [3.05, 3.63) is 0 Å². The molecule has 2 rings (SSSR count). The fourth-order valence-corrected chi connectivity index (χ4v) is 1.87. The second-order valence-electron chi connectivity index (χ2n) is 4.12. The lowest BCUT2D eigenvalue weighted by Gasteiger charge is -2.38. The van der Waals surface area contributed by atoms with Crippen molar-refractivity contribution in [1.82, 2.24) is 15.5 Å². The van der Waals surface area contributed by atoms with E-state index in [0.29, 0.717) is 13.0 Å². The van der Waals surface area contributed by atoms with E-state index in [9.17, 15) is 9.18 Å². The predicted molar refractivity (Wildman–Crippen MR) is 58.0 cm³/mol. The largest absolute Gasteiger partial charge is 0.337 e. The van der Waals surface area contributed by atoms with E-state index in [1.807, 2.05) is 0 Å². The standard InChI is InChI=1S/C9H16FN3O.ClH/c1-13(7-4-12-5-7)8(14)9(10)2-3-11-6-9;/h7,11-12H,2-6H2,1H3;1H. The third-order valence-corrected chi connectivity index (χ3v) is 3.11. The van der Waals surface area contributed by atoms with Crippen LogP contribution in [0.25, 0.3) is 0 Å². The van der Waals surface area contributed by atoms with E-state index < -0.39 is 5.67 Å². The molecule has 2 N–H and O–H groups in total. The summed E-state index contributed by atoms with van der Waals surface area (Å²) in [6.07, 6.45) is 0.302. The van der Waals surface area contributed by atoms with Gasteiger partial charge < -0.3 is 15.5 Å². The lowest BCUT2D eigenvalue weighted by Crippen LogP contribution is -2.61. The molecule has 0 bridgehead atoms. The molecule has 0 aliphatic carbocycles. The van der Waals surface area contributed by atoms with Crippen LogP contribution in [0, 0.1) is 0 Å². The number of rotatable bonds is 2. The third kappa shape index (κ3) is 2.24. The minimum absolute atomic E-state index is 0. The van der Waals surface area contributed by atoms with Crippen LogP contribution in [0.5, 0.6) is 0 Å². The van der Waals surface area contributed by atoms with Crippen LogP contribution in [0.3, 0.4) is 0 Å². The molecule has 0 aromatic heterocycles.